The Hall–Kier alpha value is -1.05. The van der Waals surface area contributed by atoms with Crippen molar-refractivity contribution in [2.75, 3.05) is 19.3 Å². The fourth-order valence-electron chi connectivity index (χ4n) is 0.381. The van der Waals surface area contributed by atoms with Crippen molar-refractivity contribution in [1.29, 1.82) is 5.26 Å². The molecule has 4 nitrogen and oxygen atoms in total. The van der Waals surface area contributed by atoms with E-state index in [1.165, 1.54) is 0 Å². The molecule has 0 bridgehead atoms. The van der Waals surface area contributed by atoms with Crippen LogP contribution in [0.5, 0.6) is 0 Å². The van der Waals surface area contributed by atoms with Crippen LogP contribution in [0.2, 0.25) is 0 Å². The van der Waals surface area contributed by atoms with Gasteiger partial charge in [0, 0.05) is 0 Å². The summed E-state index contributed by atoms with van der Waals surface area (Å²) in [6.45, 7) is 3.46. The quantitative estimate of drug-likeness (QED) is 0.211. The minimum atomic E-state index is -0.726. The summed E-state index contributed by atoms with van der Waals surface area (Å²) in [5.74, 6) is -0.726. The van der Waals surface area contributed by atoms with Crippen molar-refractivity contribution >= 4 is 17.6 Å². The molecular formula is C7H8ClNO3. The van der Waals surface area contributed by atoms with Crippen LogP contribution in [0.3, 0.4) is 0 Å². The molecule has 5 heteroatoms. The Balaban J connectivity index is 3.46. The standard InChI is InChI=1S/C7H8ClNO3/c1-6(4-9)7(10)12-3-2-11-5-8/h1-3,5H2. The van der Waals surface area contributed by atoms with E-state index < -0.39 is 5.97 Å². The van der Waals surface area contributed by atoms with Crippen LogP contribution in [0.25, 0.3) is 0 Å². The maximum Gasteiger partial charge on any atom is 0.348 e. The summed E-state index contributed by atoms with van der Waals surface area (Å²) in [4.78, 5) is 10.7. The molecule has 0 spiro atoms. The molecule has 0 unspecified atom stereocenters. The van der Waals surface area contributed by atoms with Crippen LogP contribution in [-0.2, 0) is 14.3 Å². The minimum absolute atomic E-state index is 0.0523. The maximum atomic E-state index is 10.7. The molecule has 0 N–H and O–H groups in total. The summed E-state index contributed by atoms with van der Waals surface area (Å²) in [6.07, 6.45) is 0. The number of alkyl halides is 1. The van der Waals surface area contributed by atoms with Gasteiger partial charge in [-0.3, -0.25) is 0 Å². The number of halogens is 1. The Morgan fingerprint density at radius 2 is 2.25 bits per heavy atom. The van der Waals surface area contributed by atoms with E-state index in [-0.39, 0.29) is 24.9 Å². The molecule has 0 aliphatic heterocycles. The van der Waals surface area contributed by atoms with Crippen LogP contribution in [0.15, 0.2) is 12.2 Å². The topological polar surface area (TPSA) is 59.3 Å². The molecule has 0 rings (SSSR count). The van der Waals surface area contributed by atoms with E-state index >= 15 is 0 Å². The van der Waals surface area contributed by atoms with Crippen LogP contribution in [-0.4, -0.2) is 25.2 Å². The molecule has 0 amide bonds. The second kappa shape index (κ2) is 6.65. The van der Waals surface area contributed by atoms with Gasteiger partial charge in [-0.25, -0.2) is 4.79 Å². The van der Waals surface area contributed by atoms with Crippen LogP contribution >= 0.6 is 11.6 Å². The molecule has 0 radical (unpaired) electrons. The first-order chi connectivity index (χ1) is 5.72. The third-order valence-electron chi connectivity index (χ3n) is 0.919. The molecule has 0 heterocycles. The lowest BCUT2D eigenvalue weighted by molar-refractivity contribution is -0.139. The molecular weight excluding hydrogens is 182 g/mol. The molecule has 12 heavy (non-hydrogen) atoms. The van der Waals surface area contributed by atoms with Crippen LogP contribution < -0.4 is 0 Å². The van der Waals surface area contributed by atoms with Crippen molar-refractivity contribution < 1.29 is 14.3 Å². The lowest BCUT2D eigenvalue weighted by atomic mass is 10.3. The van der Waals surface area contributed by atoms with E-state index in [4.69, 9.17) is 16.9 Å². The van der Waals surface area contributed by atoms with Crippen molar-refractivity contribution in [2.24, 2.45) is 0 Å². The number of nitrogens with zero attached hydrogens (tertiary/aromatic N) is 1. The van der Waals surface area contributed by atoms with Gasteiger partial charge in [0.05, 0.1) is 6.61 Å². The second-order valence-electron chi connectivity index (χ2n) is 1.74. The minimum Gasteiger partial charge on any atom is -0.459 e. The fraction of sp³-hybridized carbons (Fsp3) is 0.429. The van der Waals surface area contributed by atoms with Gasteiger partial charge in [-0.05, 0) is 0 Å². The van der Waals surface area contributed by atoms with Gasteiger partial charge in [0.15, 0.2) is 0 Å². The number of hydrogen-bond donors (Lipinski definition) is 0. The fourth-order valence-corrected chi connectivity index (χ4v) is 0.490. The Morgan fingerprint density at radius 3 is 2.75 bits per heavy atom. The zero-order chi connectivity index (χ0) is 9.40. The normalized spacial score (nSPS) is 8.67. The molecule has 0 saturated heterocycles. The summed E-state index contributed by atoms with van der Waals surface area (Å²) in [5, 5.41) is 8.21. The summed E-state index contributed by atoms with van der Waals surface area (Å²) in [5.41, 5.74) is -0.221. The SMILES string of the molecule is C=C(C#N)C(=O)OCCOCCl. The predicted octanol–water partition coefficient (Wildman–Crippen LogP) is 0.822. The number of rotatable bonds is 5. The van der Waals surface area contributed by atoms with Crippen molar-refractivity contribution in [1.82, 2.24) is 0 Å². The van der Waals surface area contributed by atoms with Crippen LogP contribution in [0.4, 0.5) is 0 Å². The monoisotopic (exact) mass is 189 g/mol. The van der Waals surface area contributed by atoms with E-state index in [2.05, 4.69) is 16.1 Å². The molecule has 0 aromatic heterocycles. The molecule has 0 aliphatic rings. The van der Waals surface area contributed by atoms with Gasteiger partial charge in [-0.15, -0.1) is 0 Å². The third kappa shape index (κ3) is 4.72. The van der Waals surface area contributed by atoms with Crippen LogP contribution in [0.1, 0.15) is 0 Å². The zero-order valence-electron chi connectivity index (χ0n) is 6.38. The van der Waals surface area contributed by atoms with Crippen molar-refractivity contribution in [2.45, 2.75) is 0 Å². The number of ether oxygens (including phenoxy) is 2. The molecule has 0 saturated carbocycles. The molecule has 0 fully saturated rings. The third-order valence-corrected chi connectivity index (χ3v) is 1.07. The Morgan fingerprint density at radius 1 is 1.58 bits per heavy atom. The van der Waals surface area contributed by atoms with Gasteiger partial charge in [0.1, 0.15) is 24.3 Å². The first kappa shape index (κ1) is 11.0. The van der Waals surface area contributed by atoms with Gasteiger partial charge >= 0.3 is 5.97 Å². The Labute approximate surface area is 75.3 Å². The van der Waals surface area contributed by atoms with Crippen LogP contribution in [0, 0.1) is 11.3 Å². The molecule has 0 aliphatic carbocycles. The van der Waals surface area contributed by atoms with Gasteiger partial charge in [-0.2, -0.15) is 5.26 Å². The first-order valence-electron chi connectivity index (χ1n) is 3.12. The van der Waals surface area contributed by atoms with E-state index in [1.807, 2.05) is 0 Å². The lowest BCUT2D eigenvalue weighted by Gasteiger charge is -2.01. The smallest absolute Gasteiger partial charge is 0.348 e. The number of carbonyl (C=O) groups is 1. The van der Waals surface area contributed by atoms with Gasteiger partial charge in [0.2, 0.25) is 0 Å². The molecule has 66 valence electrons. The summed E-state index contributed by atoms with van der Waals surface area (Å²) >= 11 is 5.17. The summed E-state index contributed by atoms with van der Waals surface area (Å²) in [6, 6.07) is 1.62. The number of esters is 1. The van der Waals surface area contributed by atoms with E-state index in [1.54, 1.807) is 6.07 Å². The van der Waals surface area contributed by atoms with Crippen molar-refractivity contribution in [3.63, 3.8) is 0 Å². The lowest BCUT2D eigenvalue weighted by Crippen LogP contribution is -2.10. The van der Waals surface area contributed by atoms with Crippen molar-refractivity contribution in [3.8, 4) is 6.07 Å². The molecule has 0 atom stereocenters. The largest absolute Gasteiger partial charge is 0.459 e. The van der Waals surface area contributed by atoms with Gasteiger partial charge in [-0.1, -0.05) is 18.2 Å². The van der Waals surface area contributed by atoms with E-state index in [9.17, 15) is 4.79 Å². The highest BCUT2D eigenvalue weighted by Crippen LogP contribution is 1.91. The second-order valence-corrected chi connectivity index (χ2v) is 1.96. The Kier molecular flexibility index (Phi) is 6.07. The first-order valence-corrected chi connectivity index (χ1v) is 3.65. The summed E-state index contributed by atoms with van der Waals surface area (Å²) < 4.78 is 9.23. The zero-order valence-corrected chi connectivity index (χ0v) is 7.13. The van der Waals surface area contributed by atoms with Gasteiger partial charge < -0.3 is 9.47 Å². The number of hydrogen-bond acceptors (Lipinski definition) is 4. The van der Waals surface area contributed by atoms with Gasteiger partial charge in [0.25, 0.3) is 0 Å². The Bertz CT molecular complexity index is 209. The number of nitriles is 1. The predicted molar refractivity (Wildman–Crippen MR) is 42.4 cm³/mol. The molecule has 0 aromatic rings. The average molecular weight is 190 g/mol. The van der Waals surface area contributed by atoms with E-state index in [0.717, 1.165) is 0 Å². The van der Waals surface area contributed by atoms with E-state index in [0.29, 0.717) is 0 Å². The summed E-state index contributed by atoms with van der Waals surface area (Å²) in [7, 11) is 0. The highest BCUT2D eigenvalue weighted by Gasteiger charge is 2.05. The number of carbonyl (C=O) groups excluding carboxylic acids is 1. The highest BCUT2D eigenvalue weighted by molar-refractivity contribution is 6.17. The molecule has 0 aromatic carbocycles. The highest BCUT2D eigenvalue weighted by atomic mass is 35.5. The maximum absolute atomic E-state index is 10.7. The van der Waals surface area contributed by atoms with Crippen molar-refractivity contribution in [3.05, 3.63) is 12.2 Å². The average Bonchev–Trinajstić information content (AvgIpc) is 2.10.